The van der Waals surface area contributed by atoms with E-state index < -0.39 is 0 Å². The molecule has 24 heavy (non-hydrogen) atoms. The van der Waals surface area contributed by atoms with Crippen LogP contribution in [0.25, 0.3) is 44.1 Å². The molecule has 1 heterocycles. The summed E-state index contributed by atoms with van der Waals surface area (Å²) in [6.07, 6.45) is 0. The van der Waals surface area contributed by atoms with E-state index >= 15 is 0 Å². The van der Waals surface area contributed by atoms with Crippen LogP contribution in [0.2, 0.25) is 0 Å². The Kier molecular flexibility index (Phi) is 2.55. The molecule has 1 aliphatic carbocycles. The molecular weight excluding hydrogens is 296 g/mol. The molecule has 0 bridgehead atoms. The van der Waals surface area contributed by atoms with Crippen LogP contribution in [-0.4, -0.2) is 15.1 Å². The summed E-state index contributed by atoms with van der Waals surface area (Å²) < 4.78 is 0. The van der Waals surface area contributed by atoms with Crippen molar-refractivity contribution >= 4 is 21.8 Å². The molecule has 116 valence electrons. The molecular formula is C21H16N2O. The lowest BCUT2D eigenvalue weighted by atomic mass is 10.0. The fourth-order valence-corrected chi connectivity index (χ4v) is 3.78. The highest BCUT2D eigenvalue weighted by atomic mass is 16.3. The summed E-state index contributed by atoms with van der Waals surface area (Å²) in [5.74, 6) is 0.156. The van der Waals surface area contributed by atoms with E-state index in [-0.39, 0.29) is 11.8 Å². The van der Waals surface area contributed by atoms with Gasteiger partial charge in [0.2, 0.25) is 5.88 Å². The van der Waals surface area contributed by atoms with Crippen molar-refractivity contribution in [3.63, 3.8) is 0 Å². The summed E-state index contributed by atoms with van der Waals surface area (Å²) >= 11 is 0. The largest absolute Gasteiger partial charge is 0.492 e. The molecule has 1 aromatic heterocycles. The number of nitrogens with zero attached hydrogens (tertiary/aromatic N) is 2. The maximum Gasteiger partial charge on any atom is 0.234 e. The predicted molar refractivity (Wildman–Crippen MR) is 97.2 cm³/mol. The molecule has 0 atom stereocenters. The Balaban J connectivity index is 2.04. The minimum Gasteiger partial charge on any atom is -0.492 e. The van der Waals surface area contributed by atoms with Crippen molar-refractivity contribution in [1.82, 2.24) is 9.97 Å². The zero-order valence-corrected chi connectivity index (χ0v) is 13.5. The SMILES string of the molecule is CC(C)c1nc2c3c4c(cccc4cc2nc1O)-c1ccccc1-3. The second kappa shape index (κ2) is 4.54. The topological polar surface area (TPSA) is 46.0 Å². The van der Waals surface area contributed by atoms with Crippen LogP contribution in [0.3, 0.4) is 0 Å². The Bertz CT molecular complexity index is 1150. The average Bonchev–Trinajstić information content (AvgIpc) is 2.91. The van der Waals surface area contributed by atoms with Gasteiger partial charge in [0.25, 0.3) is 0 Å². The standard InChI is InChI=1S/C21H16N2O/c1-11(2)19-21(24)22-16-10-12-6-5-9-14-13-7-3-4-8-15(13)18(17(12)14)20(16)23-19/h3-11H,1-2H3,(H,22,24). The number of hydrogen-bond donors (Lipinski definition) is 1. The summed E-state index contributed by atoms with van der Waals surface area (Å²) in [5, 5.41) is 12.6. The summed E-state index contributed by atoms with van der Waals surface area (Å²) in [6.45, 7) is 4.05. The van der Waals surface area contributed by atoms with Gasteiger partial charge in [0, 0.05) is 11.5 Å². The first-order valence-electron chi connectivity index (χ1n) is 8.21. The third kappa shape index (κ3) is 1.61. The summed E-state index contributed by atoms with van der Waals surface area (Å²) in [5.41, 5.74) is 7.11. The predicted octanol–water partition coefficient (Wildman–Crippen LogP) is 5.26. The lowest BCUT2D eigenvalue weighted by molar-refractivity contribution is 0.441. The minimum absolute atomic E-state index is 0.0338. The fraction of sp³-hybridized carbons (Fsp3) is 0.143. The fourth-order valence-electron chi connectivity index (χ4n) is 3.78. The first kappa shape index (κ1) is 13.5. The van der Waals surface area contributed by atoms with E-state index in [0.717, 1.165) is 22.0 Å². The number of aromatic nitrogens is 2. The van der Waals surface area contributed by atoms with Crippen molar-refractivity contribution in [2.24, 2.45) is 0 Å². The molecule has 5 rings (SSSR count). The molecule has 4 aromatic rings. The quantitative estimate of drug-likeness (QED) is 0.429. The Hall–Kier alpha value is -2.94. The third-order valence-corrected chi connectivity index (χ3v) is 4.84. The molecule has 0 amide bonds. The van der Waals surface area contributed by atoms with Crippen molar-refractivity contribution in [3.05, 3.63) is 54.2 Å². The van der Waals surface area contributed by atoms with Crippen molar-refractivity contribution in [3.8, 4) is 28.1 Å². The van der Waals surface area contributed by atoms with E-state index in [1.54, 1.807) is 0 Å². The molecule has 3 aromatic carbocycles. The summed E-state index contributed by atoms with van der Waals surface area (Å²) in [6, 6.07) is 16.8. The van der Waals surface area contributed by atoms with E-state index in [9.17, 15) is 5.11 Å². The Morgan fingerprint density at radius 1 is 0.875 bits per heavy atom. The van der Waals surface area contributed by atoms with Crippen LogP contribution in [-0.2, 0) is 0 Å². The second-order valence-corrected chi connectivity index (χ2v) is 6.66. The van der Waals surface area contributed by atoms with E-state index in [1.807, 2.05) is 19.9 Å². The molecule has 0 spiro atoms. The lowest BCUT2D eigenvalue weighted by Gasteiger charge is -2.11. The van der Waals surface area contributed by atoms with Crippen LogP contribution in [0.4, 0.5) is 0 Å². The smallest absolute Gasteiger partial charge is 0.234 e. The highest BCUT2D eigenvalue weighted by Crippen LogP contribution is 2.49. The average molecular weight is 312 g/mol. The van der Waals surface area contributed by atoms with Crippen LogP contribution < -0.4 is 0 Å². The number of hydrogen-bond acceptors (Lipinski definition) is 3. The van der Waals surface area contributed by atoms with Crippen molar-refractivity contribution in [1.29, 1.82) is 0 Å². The first-order chi connectivity index (χ1) is 11.6. The Morgan fingerprint density at radius 3 is 2.42 bits per heavy atom. The van der Waals surface area contributed by atoms with Gasteiger partial charge in [0.1, 0.15) is 5.69 Å². The molecule has 3 nitrogen and oxygen atoms in total. The molecule has 0 aliphatic heterocycles. The van der Waals surface area contributed by atoms with Gasteiger partial charge in [-0.15, -0.1) is 0 Å². The number of rotatable bonds is 1. The molecule has 0 radical (unpaired) electrons. The highest BCUT2D eigenvalue weighted by Gasteiger charge is 2.25. The van der Waals surface area contributed by atoms with Crippen molar-refractivity contribution in [2.75, 3.05) is 0 Å². The zero-order chi connectivity index (χ0) is 16.4. The second-order valence-electron chi connectivity index (χ2n) is 6.66. The van der Waals surface area contributed by atoms with Gasteiger partial charge < -0.3 is 5.11 Å². The van der Waals surface area contributed by atoms with E-state index in [1.165, 1.54) is 22.1 Å². The van der Waals surface area contributed by atoms with Gasteiger partial charge in [-0.25, -0.2) is 9.97 Å². The van der Waals surface area contributed by atoms with Gasteiger partial charge in [0.15, 0.2) is 0 Å². The molecule has 0 unspecified atom stereocenters. The van der Waals surface area contributed by atoms with Gasteiger partial charge in [-0.05, 0) is 33.5 Å². The van der Waals surface area contributed by atoms with Crippen LogP contribution in [0.5, 0.6) is 5.88 Å². The van der Waals surface area contributed by atoms with E-state index in [0.29, 0.717) is 5.69 Å². The first-order valence-corrected chi connectivity index (χ1v) is 8.21. The zero-order valence-electron chi connectivity index (χ0n) is 13.5. The Labute approximate surface area is 139 Å². The van der Waals surface area contributed by atoms with Crippen molar-refractivity contribution < 1.29 is 5.11 Å². The van der Waals surface area contributed by atoms with Gasteiger partial charge in [-0.3, -0.25) is 0 Å². The maximum absolute atomic E-state index is 10.2. The lowest BCUT2D eigenvalue weighted by Crippen LogP contribution is -1.98. The van der Waals surface area contributed by atoms with Gasteiger partial charge in [-0.2, -0.15) is 0 Å². The van der Waals surface area contributed by atoms with Gasteiger partial charge in [-0.1, -0.05) is 56.3 Å². The molecule has 0 saturated heterocycles. The maximum atomic E-state index is 10.2. The number of benzene rings is 3. The molecule has 3 heteroatoms. The highest BCUT2D eigenvalue weighted by molar-refractivity contribution is 6.22. The molecule has 1 aliphatic rings. The van der Waals surface area contributed by atoms with Gasteiger partial charge in [0.05, 0.1) is 11.0 Å². The van der Waals surface area contributed by atoms with Crippen LogP contribution >= 0.6 is 0 Å². The van der Waals surface area contributed by atoms with E-state index in [2.05, 4.69) is 47.4 Å². The summed E-state index contributed by atoms with van der Waals surface area (Å²) in [4.78, 5) is 9.26. The minimum atomic E-state index is 0.0338. The summed E-state index contributed by atoms with van der Waals surface area (Å²) in [7, 11) is 0. The monoisotopic (exact) mass is 312 g/mol. The van der Waals surface area contributed by atoms with Crippen molar-refractivity contribution in [2.45, 2.75) is 19.8 Å². The third-order valence-electron chi connectivity index (χ3n) is 4.84. The van der Waals surface area contributed by atoms with E-state index in [4.69, 9.17) is 4.98 Å². The molecule has 1 N–H and O–H groups in total. The molecule has 0 fully saturated rings. The molecule has 0 saturated carbocycles. The number of aromatic hydroxyl groups is 1. The Morgan fingerprint density at radius 2 is 1.62 bits per heavy atom. The van der Waals surface area contributed by atoms with Crippen LogP contribution in [0.15, 0.2) is 48.5 Å². The number of fused-ring (bicyclic) bond motifs is 5. The van der Waals surface area contributed by atoms with Gasteiger partial charge >= 0.3 is 0 Å². The normalized spacial score (nSPS) is 12.3. The van der Waals surface area contributed by atoms with Crippen LogP contribution in [0.1, 0.15) is 25.5 Å². The van der Waals surface area contributed by atoms with Crippen LogP contribution in [0, 0.1) is 0 Å².